The van der Waals surface area contributed by atoms with Crippen LogP contribution in [0.3, 0.4) is 0 Å². The van der Waals surface area contributed by atoms with E-state index in [0.29, 0.717) is 23.7 Å². The van der Waals surface area contributed by atoms with Gasteiger partial charge in [0.05, 0.1) is 24.1 Å². The molecule has 1 aliphatic heterocycles. The van der Waals surface area contributed by atoms with E-state index < -0.39 is 4.92 Å². The topological polar surface area (TPSA) is 68.5 Å². The van der Waals surface area contributed by atoms with Crippen LogP contribution in [-0.2, 0) is 4.74 Å². The number of morpholine rings is 1. The maximum Gasteiger partial charge on any atom is 0.290 e. The van der Waals surface area contributed by atoms with Crippen LogP contribution >= 0.6 is 11.6 Å². The van der Waals surface area contributed by atoms with E-state index >= 15 is 0 Å². The van der Waals surface area contributed by atoms with Gasteiger partial charge in [0, 0.05) is 10.6 Å². The van der Waals surface area contributed by atoms with Crippen molar-refractivity contribution in [3.8, 4) is 0 Å². The predicted octanol–water partition coefficient (Wildman–Crippen LogP) is 3.92. The summed E-state index contributed by atoms with van der Waals surface area (Å²) in [5.41, 5.74) is 1.65. The van der Waals surface area contributed by atoms with Crippen molar-refractivity contribution in [3.05, 3.63) is 62.8 Å². The molecule has 0 spiro atoms. The summed E-state index contributed by atoms with van der Waals surface area (Å²) in [7, 11) is 0. The normalized spacial score (nSPS) is 20.9. The highest BCUT2D eigenvalue weighted by molar-refractivity contribution is 6.30. The van der Waals surface area contributed by atoms with Crippen molar-refractivity contribution >= 4 is 23.1 Å². The van der Waals surface area contributed by atoms with E-state index in [2.05, 4.69) is 9.88 Å². The summed E-state index contributed by atoms with van der Waals surface area (Å²) in [4.78, 5) is 16.9. The van der Waals surface area contributed by atoms with Crippen LogP contribution in [0.4, 0.5) is 11.5 Å². The summed E-state index contributed by atoms with van der Waals surface area (Å²) < 4.78 is 5.94. The monoisotopic (exact) mass is 347 g/mol. The lowest BCUT2D eigenvalue weighted by Gasteiger charge is -2.39. The van der Waals surface area contributed by atoms with Gasteiger partial charge in [-0.05, 0) is 37.6 Å². The molecule has 3 rings (SSSR count). The summed E-state index contributed by atoms with van der Waals surface area (Å²) in [6, 6.07) is 9.50. The third kappa shape index (κ3) is 3.34. The standard InChI is InChI=1S/C17H18ClN3O3/c1-11-6-17(19-8-15(11)21(22)23)20-9-16(24-10-12(20)2)13-4-3-5-14(18)7-13/h3-8,12,16H,9-10H2,1-2H3. The van der Waals surface area contributed by atoms with Gasteiger partial charge in [0.1, 0.15) is 18.1 Å². The Balaban J connectivity index is 1.86. The van der Waals surface area contributed by atoms with Crippen LogP contribution in [0.25, 0.3) is 0 Å². The minimum Gasteiger partial charge on any atom is -0.370 e. The van der Waals surface area contributed by atoms with E-state index in [1.165, 1.54) is 6.20 Å². The number of ether oxygens (including phenoxy) is 1. The first kappa shape index (κ1) is 16.7. The molecule has 0 aliphatic carbocycles. The summed E-state index contributed by atoms with van der Waals surface area (Å²) in [6.07, 6.45) is 1.21. The maximum atomic E-state index is 11.0. The third-order valence-electron chi connectivity index (χ3n) is 4.21. The van der Waals surface area contributed by atoms with Crippen molar-refractivity contribution in [1.29, 1.82) is 0 Å². The highest BCUT2D eigenvalue weighted by Gasteiger charge is 2.29. The van der Waals surface area contributed by atoms with Gasteiger partial charge in [-0.3, -0.25) is 10.1 Å². The molecule has 1 aromatic heterocycles. The van der Waals surface area contributed by atoms with Gasteiger partial charge in [-0.1, -0.05) is 23.7 Å². The fourth-order valence-corrected chi connectivity index (χ4v) is 3.07. The Morgan fingerprint density at radius 3 is 2.88 bits per heavy atom. The van der Waals surface area contributed by atoms with Crippen molar-refractivity contribution in [3.63, 3.8) is 0 Å². The van der Waals surface area contributed by atoms with Gasteiger partial charge in [-0.2, -0.15) is 0 Å². The zero-order valence-electron chi connectivity index (χ0n) is 13.5. The van der Waals surface area contributed by atoms with E-state index in [9.17, 15) is 10.1 Å². The molecule has 126 valence electrons. The first-order valence-electron chi connectivity index (χ1n) is 7.70. The minimum absolute atomic E-state index is 0.0334. The van der Waals surface area contributed by atoms with Crippen LogP contribution in [0, 0.1) is 17.0 Å². The van der Waals surface area contributed by atoms with Gasteiger partial charge >= 0.3 is 0 Å². The molecular weight excluding hydrogens is 330 g/mol. The van der Waals surface area contributed by atoms with Gasteiger partial charge in [-0.25, -0.2) is 4.98 Å². The Morgan fingerprint density at radius 2 is 2.21 bits per heavy atom. The molecule has 2 unspecified atom stereocenters. The number of nitro groups is 1. The number of aromatic nitrogens is 1. The van der Waals surface area contributed by atoms with Crippen molar-refractivity contribution in [2.24, 2.45) is 0 Å². The molecule has 6 nitrogen and oxygen atoms in total. The summed E-state index contributed by atoms with van der Waals surface area (Å²) in [5, 5.41) is 11.6. The number of anilines is 1. The number of nitrogens with zero attached hydrogens (tertiary/aromatic N) is 3. The number of pyridine rings is 1. The smallest absolute Gasteiger partial charge is 0.290 e. The SMILES string of the molecule is Cc1cc(N2CC(c3cccc(Cl)c3)OCC2C)ncc1[N+](=O)[O-]. The Bertz CT molecular complexity index is 768. The first-order chi connectivity index (χ1) is 11.5. The highest BCUT2D eigenvalue weighted by atomic mass is 35.5. The predicted molar refractivity (Wildman–Crippen MR) is 92.6 cm³/mol. The Kier molecular flexibility index (Phi) is 4.69. The fourth-order valence-electron chi connectivity index (χ4n) is 2.87. The van der Waals surface area contributed by atoms with Crippen molar-refractivity contribution in [1.82, 2.24) is 4.98 Å². The zero-order valence-corrected chi connectivity index (χ0v) is 14.2. The van der Waals surface area contributed by atoms with Crippen LogP contribution in [0.2, 0.25) is 5.02 Å². The molecule has 7 heteroatoms. The van der Waals surface area contributed by atoms with Crippen molar-refractivity contribution in [2.75, 3.05) is 18.1 Å². The van der Waals surface area contributed by atoms with E-state index in [1.807, 2.05) is 31.2 Å². The molecule has 1 aliphatic rings. The van der Waals surface area contributed by atoms with Crippen molar-refractivity contribution in [2.45, 2.75) is 26.0 Å². The second-order valence-corrected chi connectivity index (χ2v) is 6.40. The lowest BCUT2D eigenvalue weighted by molar-refractivity contribution is -0.385. The third-order valence-corrected chi connectivity index (χ3v) is 4.45. The van der Waals surface area contributed by atoms with Gasteiger partial charge < -0.3 is 9.64 Å². The molecule has 2 aromatic rings. The number of halogens is 1. The van der Waals surface area contributed by atoms with Crippen LogP contribution in [0.15, 0.2) is 36.5 Å². The molecule has 0 bridgehead atoms. The number of benzene rings is 1. The number of hydrogen-bond donors (Lipinski definition) is 0. The molecule has 0 saturated carbocycles. The number of hydrogen-bond acceptors (Lipinski definition) is 5. The van der Waals surface area contributed by atoms with Crippen molar-refractivity contribution < 1.29 is 9.66 Å². The van der Waals surface area contributed by atoms with Gasteiger partial charge in [0.2, 0.25) is 0 Å². The van der Waals surface area contributed by atoms with Gasteiger partial charge in [-0.15, -0.1) is 0 Å². The van der Waals surface area contributed by atoms with Gasteiger partial charge in [0.15, 0.2) is 0 Å². The second-order valence-electron chi connectivity index (χ2n) is 5.96. The van der Waals surface area contributed by atoms with Gasteiger partial charge in [0.25, 0.3) is 5.69 Å². The lowest BCUT2D eigenvalue weighted by Crippen LogP contribution is -2.45. The lowest BCUT2D eigenvalue weighted by atomic mass is 10.1. The average Bonchev–Trinajstić information content (AvgIpc) is 2.55. The molecule has 1 saturated heterocycles. The van der Waals surface area contributed by atoms with E-state index in [0.717, 1.165) is 11.4 Å². The quantitative estimate of drug-likeness (QED) is 0.621. The van der Waals surface area contributed by atoms with Crippen LogP contribution in [-0.4, -0.2) is 29.1 Å². The molecule has 0 radical (unpaired) electrons. The molecule has 2 heterocycles. The molecule has 2 atom stereocenters. The molecule has 1 aromatic carbocycles. The van der Waals surface area contributed by atoms with E-state index in [1.54, 1.807) is 13.0 Å². The zero-order chi connectivity index (χ0) is 17.3. The van der Waals surface area contributed by atoms with Crippen LogP contribution in [0.5, 0.6) is 0 Å². The Hall–Kier alpha value is -2.18. The van der Waals surface area contributed by atoms with Crippen LogP contribution in [0.1, 0.15) is 24.2 Å². The largest absolute Gasteiger partial charge is 0.370 e. The van der Waals surface area contributed by atoms with E-state index in [4.69, 9.17) is 16.3 Å². The number of rotatable bonds is 3. The molecule has 24 heavy (non-hydrogen) atoms. The summed E-state index contributed by atoms with van der Waals surface area (Å²) in [5.74, 6) is 0.723. The molecule has 0 amide bonds. The average molecular weight is 348 g/mol. The minimum atomic E-state index is -0.413. The summed E-state index contributed by atoms with van der Waals surface area (Å²) in [6.45, 7) is 4.94. The van der Waals surface area contributed by atoms with Crippen LogP contribution < -0.4 is 4.90 Å². The highest BCUT2D eigenvalue weighted by Crippen LogP contribution is 2.30. The molecule has 0 N–H and O–H groups in total. The summed E-state index contributed by atoms with van der Waals surface area (Å²) >= 11 is 6.07. The molecular formula is C17H18ClN3O3. The molecule has 1 fully saturated rings. The second kappa shape index (κ2) is 6.75. The first-order valence-corrected chi connectivity index (χ1v) is 8.08. The van der Waals surface area contributed by atoms with E-state index in [-0.39, 0.29) is 17.8 Å². The number of aryl methyl sites for hydroxylation is 1. The maximum absolute atomic E-state index is 11.0. The fraction of sp³-hybridized carbons (Fsp3) is 0.353. The Morgan fingerprint density at radius 1 is 1.42 bits per heavy atom. The Labute approximate surface area is 145 Å².